The van der Waals surface area contributed by atoms with E-state index in [1.807, 2.05) is 0 Å². The van der Waals surface area contributed by atoms with Crippen LogP contribution >= 0.6 is 11.3 Å². The fraction of sp³-hybridized carbons (Fsp3) is 0.444. The Bertz CT molecular complexity index is 555. The molecule has 2 heterocycles. The molecule has 0 atom stereocenters. The van der Waals surface area contributed by atoms with Gasteiger partial charge in [0.25, 0.3) is 0 Å². The molecule has 1 saturated heterocycles. The third-order valence-electron chi connectivity index (χ3n) is 4.32. The molecule has 3 rings (SSSR count). The number of hydrogen-bond donors (Lipinski definition) is 1. The fourth-order valence-electron chi connectivity index (χ4n) is 2.89. The largest absolute Gasteiger partial charge is 0.380 e. The van der Waals surface area contributed by atoms with Crippen LogP contribution in [0, 0.1) is 0 Å². The van der Waals surface area contributed by atoms with Crippen molar-refractivity contribution in [1.29, 1.82) is 0 Å². The van der Waals surface area contributed by atoms with Gasteiger partial charge < -0.3 is 10.2 Å². The summed E-state index contributed by atoms with van der Waals surface area (Å²) in [4.78, 5) is 6.41. The van der Waals surface area contributed by atoms with Crippen molar-refractivity contribution in [2.75, 3.05) is 36.4 Å². The summed E-state index contributed by atoms with van der Waals surface area (Å²) in [6, 6.07) is 13.8. The molecule has 1 aliphatic heterocycles. The van der Waals surface area contributed by atoms with E-state index in [4.69, 9.17) is 0 Å². The number of nitrogens with zero attached hydrogens (tertiary/aromatic N) is 2. The molecule has 0 spiro atoms. The molecule has 0 saturated carbocycles. The molecular weight excluding hydrogens is 290 g/mol. The summed E-state index contributed by atoms with van der Waals surface area (Å²) >= 11 is 1.80. The molecule has 1 aliphatic rings. The van der Waals surface area contributed by atoms with Crippen LogP contribution in [0.15, 0.2) is 41.8 Å². The molecule has 2 aromatic rings. The average molecular weight is 315 g/mol. The van der Waals surface area contributed by atoms with E-state index >= 15 is 0 Å². The molecule has 1 N–H and O–H groups in total. The van der Waals surface area contributed by atoms with E-state index < -0.39 is 0 Å². The first kappa shape index (κ1) is 15.4. The molecule has 118 valence electrons. The van der Waals surface area contributed by atoms with Crippen molar-refractivity contribution in [3.05, 3.63) is 46.7 Å². The average Bonchev–Trinajstić information content (AvgIpc) is 3.07. The highest BCUT2D eigenvalue weighted by Crippen LogP contribution is 2.21. The molecule has 0 aliphatic carbocycles. The molecular formula is C18H25N3S. The molecule has 1 fully saturated rings. The van der Waals surface area contributed by atoms with Gasteiger partial charge in [-0.3, -0.25) is 4.90 Å². The summed E-state index contributed by atoms with van der Waals surface area (Å²) in [5.41, 5.74) is 2.53. The summed E-state index contributed by atoms with van der Waals surface area (Å²) in [5.74, 6) is 0. The van der Waals surface area contributed by atoms with Crippen molar-refractivity contribution in [3.8, 4) is 0 Å². The Morgan fingerprint density at radius 2 is 1.77 bits per heavy atom. The third kappa shape index (κ3) is 3.81. The zero-order valence-electron chi connectivity index (χ0n) is 13.5. The lowest BCUT2D eigenvalue weighted by Crippen LogP contribution is -2.48. The lowest BCUT2D eigenvalue weighted by atomic mass is 10.2. The number of hydrogen-bond acceptors (Lipinski definition) is 4. The van der Waals surface area contributed by atoms with Crippen LogP contribution in [0.25, 0.3) is 0 Å². The predicted molar refractivity (Wildman–Crippen MR) is 97.0 cm³/mol. The maximum Gasteiger partial charge on any atom is 0.0494 e. The number of benzene rings is 1. The lowest BCUT2D eigenvalue weighted by Gasteiger charge is -2.38. The van der Waals surface area contributed by atoms with Crippen LogP contribution in [0.4, 0.5) is 11.4 Å². The van der Waals surface area contributed by atoms with Crippen LogP contribution in [0.2, 0.25) is 0 Å². The van der Waals surface area contributed by atoms with Crippen molar-refractivity contribution < 1.29 is 0 Å². The minimum absolute atomic E-state index is 0.658. The predicted octanol–water partition coefficient (Wildman–Crippen LogP) is 3.89. The van der Waals surface area contributed by atoms with Gasteiger partial charge >= 0.3 is 0 Å². The van der Waals surface area contributed by atoms with E-state index in [-0.39, 0.29) is 0 Å². The molecule has 0 bridgehead atoms. The first-order valence-corrected chi connectivity index (χ1v) is 8.95. The monoisotopic (exact) mass is 315 g/mol. The number of anilines is 2. The van der Waals surface area contributed by atoms with Gasteiger partial charge in [0.15, 0.2) is 0 Å². The van der Waals surface area contributed by atoms with Crippen LogP contribution < -0.4 is 10.2 Å². The number of piperazine rings is 1. The third-order valence-corrected chi connectivity index (χ3v) is 5.20. The number of nitrogens with one attached hydrogen (secondary N) is 1. The highest BCUT2D eigenvalue weighted by atomic mass is 32.1. The molecule has 1 aromatic heterocycles. The second-order valence-corrected chi connectivity index (χ2v) is 7.13. The fourth-order valence-corrected chi connectivity index (χ4v) is 3.53. The topological polar surface area (TPSA) is 18.5 Å². The Labute approximate surface area is 137 Å². The molecule has 4 heteroatoms. The Morgan fingerprint density at radius 3 is 2.36 bits per heavy atom. The van der Waals surface area contributed by atoms with Crippen LogP contribution in [-0.2, 0) is 6.54 Å². The first-order chi connectivity index (χ1) is 10.7. The Hall–Kier alpha value is -1.52. The molecule has 22 heavy (non-hydrogen) atoms. The Balaban J connectivity index is 1.53. The number of thiophene rings is 1. The van der Waals surface area contributed by atoms with E-state index in [9.17, 15) is 0 Å². The summed E-state index contributed by atoms with van der Waals surface area (Å²) in [6.45, 7) is 10.0. The van der Waals surface area contributed by atoms with E-state index in [2.05, 4.69) is 70.7 Å². The summed E-state index contributed by atoms with van der Waals surface area (Å²) in [7, 11) is 0. The maximum absolute atomic E-state index is 3.48. The van der Waals surface area contributed by atoms with Gasteiger partial charge in [-0.2, -0.15) is 0 Å². The quantitative estimate of drug-likeness (QED) is 0.903. The van der Waals surface area contributed by atoms with Gasteiger partial charge in [-0.25, -0.2) is 0 Å². The first-order valence-electron chi connectivity index (χ1n) is 8.08. The summed E-state index contributed by atoms with van der Waals surface area (Å²) in [6.07, 6.45) is 0. The van der Waals surface area contributed by atoms with Gasteiger partial charge in [0, 0.05) is 55.0 Å². The van der Waals surface area contributed by atoms with Gasteiger partial charge in [-0.15, -0.1) is 11.3 Å². The minimum Gasteiger partial charge on any atom is -0.380 e. The van der Waals surface area contributed by atoms with Gasteiger partial charge in [0.05, 0.1) is 0 Å². The second kappa shape index (κ2) is 7.16. The second-order valence-electron chi connectivity index (χ2n) is 6.10. The van der Waals surface area contributed by atoms with Gasteiger partial charge in [0.2, 0.25) is 0 Å². The molecule has 0 radical (unpaired) electrons. The van der Waals surface area contributed by atoms with Crippen LogP contribution in [0.5, 0.6) is 0 Å². The van der Waals surface area contributed by atoms with E-state index in [1.54, 1.807) is 11.3 Å². The van der Waals surface area contributed by atoms with E-state index in [0.717, 1.165) is 32.7 Å². The molecule has 1 aromatic carbocycles. The Morgan fingerprint density at radius 1 is 1.05 bits per heavy atom. The van der Waals surface area contributed by atoms with Crippen molar-refractivity contribution in [3.63, 3.8) is 0 Å². The highest BCUT2D eigenvalue weighted by Gasteiger charge is 2.18. The minimum atomic E-state index is 0.658. The normalized spacial score (nSPS) is 16.2. The summed E-state index contributed by atoms with van der Waals surface area (Å²) in [5, 5.41) is 5.60. The number of rotatable bonds is 5. The standard InChI is InChI=1S/C18H25N3S/c1-15(2)20-9-11-21(12-10-20)17-7-5-16(6-8-17)19-14-18-4-3-13-22-18/h3-8,13,15,19H,9-12,14H2,1-2H3. The zero-order chi connectivity index (χ0) is 15.4. The SMILES string of the molecule is CC(C)N1CCN(c2ccc(NCc3cccs3)cc2)CC1. The molecule has 0 amide bonds. The smallest absolute Gasteiger partial charge is 0.0494 e. The van der Waals surface area contributed by atoms with Gasteiger partial charge in [0.1, 0.15) is 0 Å². The van der Waals surface area contributed by atoms with Crippen LogP contribution in [0.3, 0.4) is 0 Å². The van der Waals surface area contributed by atoms with Gasteiger partial charge in [-0.1, -0.05) is 6.07 Å². The van der Waals surface area contributed by atoms with Crippen molar-refractivity contribution >= 4 is 22.7 Å². The molecule has 3 nitrogen and oxygen atoms in total. The van der Waals surface area contributed by atoms with Crippen LogP contribution in [-0.4, -0.2) is 37.1 Å². The lowest BCUT2D eigenvalue weighted by molar-refractivity contribution is 0.209. The molecule has 0 unspecified atom stereocenters. The maximum atomic E-state index is 3.48. The van der Waals surface area contributed by atoms with Crippen LogP contribution in [0.1, 0.15) is 18.7 Å². The van der Waals surface area contributed by atoms with Gasteiger partial charge in [-0.05, 0) is 49.6 Å². The van der Waals surface area contributed by atoms with Crippen molar-refractivity contribution in [2.45, 2.75) is 26.4 Å². The Kier molecular flexibility index (Phi) is 5.01. The van der Waals surface area contributed by atoms with Crippen molar-refractivity contribution in [2.24, 2.45) is 0 Å². The zero-order valence-corrected chi connectivity index (χ0v) is 14.3. The highest BCUT2D eigenvalue weighted by molar-refractivity contribution is 7.09. The van der Waals surface area contributed by atoms with Crippen molar-refractivity contribution in [1.82, 2.24) is 4.90 Å². The van der Waals surface area contributed by atoms with E-state index in [1.165, 1.54) is 16.3 Å². The summed E-state index contributed by atoms with van der Waals surface area (Å²) < 4.78 is 0. The van der Waals surface area contributed by atoms with E-state index in [0.29, 0.717) is 6.04 Å².